The normalized spacial score (nSPS) is 11.1. The Labute approximate surface area is 143 Å². The molecule has 24 heavy (non-hydrogen) atoms. The number of nitrogens with zero attached hydrogens (tertiary/aromatic N) is 2. The Kier molecular flexibility index (Phi) is 5.62. The first-order chi connectivity index (χ1) is 11.3. The van der Waals surface area contributed by atoms with Crippen molar-refractivity contribution in [3.05, 3.63) is 60.2 Å². The first kappa shape index (κ1) is 18.0. The maximum absolute atomic E-state index is 12.4. The van der Waals surface area contributed by atoms with Gasteiger partial charge < -0.3 is 4.90 Å². The van der Waals surface area contributed by atoms with E-state index in [0.717, 1.165) is 17.5 Å². The van der Waals surface area contributed by atoms with E-state index in [1.165, 1.54) is 9.21 Å². The molecule has 0 aliphatic rings. The van der Waals surface area contributed by atoms with Crippen molar-refractivity contribution < 1.29 is 13.2 Å². The zero-order chi connectivity index (χ0) is 17.7. The lowest BCUT2D eigenvalue weighted by Gasteiger charge is -2.25. The molecule has 1 amide bonds. The van der Waals surface area contributed by atoms with E-state index in [1.54, 1.807) is 19.2 Å². The van der Waals surface area contributed by atoms with Gasteiger partial charge >= 0.3 is 0 Å². The molecule has 0 bridgehead atoms. The molecule has 0 N–H and O–H groups in total. The lowest BCUT2D eigenvalue weighted by Crippen LogP contribution is -2.35. The topological polar surface area (TPSA) is 57.7 Å². The minimum absolute atomic E-state index is 0.104. The van der Waals surface area contributed by atoms with Gasteiger partial charge in [0.15, 0.2) is 0 Å². The molecule has 0 atom stereocenters. The highest BCUT2D eigenvalue weighted by atomic mass is 32.2. The maximum atomic E-state index is 12.4. The summed E-state index contributed by atoms with van der Waals surface area (Å²) in [4.78, 5) is 13.9. The van der Waals surface area contributed by atoms with Gasteiger partial charge in [0, 0.05) is 25.7 Å². The molecule has 6 heteroatoms. The second-order valence-corrected chi connectivity index (χ2v) is 7.57. The molecule has 0 fully saturated rings. The van der Waals surface area contributed by atoms with E-state index in [4.69, 9.17) is 0 Å². The number of aryl methyl sites for hydroxylation is 1. The summed E-state index contributed by atoms with van der Waals surface area (Å²) in [5.41, 5.74) is 2.24. The van der Waals surface area contributed by atoms with Crippen molar-refractivity contribution in [1.82, 2.24) is 0 Å². The van der Waals surface area contributed by atoms with Gasteiger partial charge in [-0.1, -0.05) is 36.4 Å². The van der Waals surface area contributed by atoms with Crippen molar-refractivity contribution in [2.24, 2.45) is 0 Å². The summed E-state index contributed by atoms with van der Waals surface area (Å²) in [5, 5.41) is 0. The Bertz CT molecular complexity index is 804. The molecule has 0 saturated heterocycles. The molecule has 0 heterocycles. The molecular formula is C18H22N2O3S. The summed E-state index contributed by atoms with van der Waals surface area (Å²) < 4.78 is 25.6. The van der Waals surface area contributed by atoms with Crippen LogP contribution in [-0.2, 0) is 14.8 Å². The van der Waals surface area contributed by atoms with E-state index >= 15 is 0 Å². The fourth-order valence-electron chi connectivity index (χ4n) is 2.47. The Morgan fingerprint density at radius 1 is 1.00 bits per heavy atom. The number of carbonyl (C=O) groups is 1. The van der Waals surface area contributed by atoms with Crippen LogP contribution in [0.4, 0.5) is 11.4 Å². The van der Waals surface area contributed by atoms with Crippen molar-refractivity contribution in [2.45, 2.75) is 13.3 Å². The van der Waals surface area contributed by atoms with E-state index in [0.29, 0.717) is 5.69 Å². The molecule has 5 nitrogen and oxygen atoms in total. The summed E-state index contributed by atoms with van der Waals surface area (Å²) >= 11 is 0. The number of para-hydroxylation sites is 2. The highest BCUT2D eigenvalue weighted by molar-refractivity contribution is 7.92. The highest BCUT2D eigenvalue weighted by Crippen LogP contribution is 2.22. The standard InChI is InChI=1S/C18H22N2O3S/c1-15-9-7-8-12-17(15)20(24(3,22)23)14-13-18(21)19(2)16-10-5-4-6-11-16/h4-12H,13-14H2,1-3H3. The van der Waals surface area contributed by atoms with Crippen molar-refractivity contribution in [2.75, 3.05) is 29.1 Å². The van der Waals surface area contributed by atoms with Gasteiger partial charge in [-0.05, 0) is 30.7 Å². The lowest BCUT2D eigenvalue weighted by molar-refractivity contribution is -0.118. The van der Waals surface area contributed by atoms with Crippen molar-refractivity contribution in [3.63, 3.8) is 0 Å². The molecule has 128 valence electrons. The highest BCUT2D eigenvalue weighted by Gasteiger charge is 2.21. The number of carbonyl (C=O) groups excluding carboxylic acids is 1. The molecule has 2 aromatic rings. The van der Waals surface area contributed by atoms with Gasteiger partial charge in [-0.15, -0.1) is 0 Å². The molecule has 0 aliphatic carbocycles. The maximum Gasteiger partial charge on any atom is 0.232 e. The summed E-state index contributed by atoms with van der Waals surface area (Å²) in [7, 11) is -1.77. The fraction of sp³-hybridized carbons (Fsp3) is 0.278. The van der Waals surface area contributed by atoms with Gasteiger partial charge in [0.2, 0.25) is 15.9 Å². The molecule has 0 aromatic heterocycles. The van der Waals surface area contributed by atoms with Crippen LogP contribution in [0.15, 0.2) is 54.6 Å². The molecule has 2 rings (SSSR count). The van der Waals surface area contributed by atoms with Crippen molar-refractivity contribution in [1.29, 1.82) is 0 Å². The molecule has 0 unspecified atom stereocenters. The Hall–Kier alpha value is -2.34. The number of sulfonamides is 1. The van der Waals surface area contributed by atoms with Crippen LogP contribution in [0.5, 0.6) is 0 Å². The van der Waals surface area contributed by atoms with Gasteiger partial charge in [0.05, 0.1) is 11.9 Å². The minimum atomic E-state index is -3.46. The SMILES string of the molecule is Cc1ccccc1N(CCC(=O)N(C)c1ccccc1)S(C)(=O)=O. The zero-order valence-electron chi connectivity index (χ0n) is 14.1. The van der Waals surface area contributed by atoms with Gasteiger partial charge in [-0.3, -0.25) is 9.10 Å². The van der Waals surface area contributed by atoms with E-state index < -0.39 is 10.0 Å². The summed E-state index contributed by atoms with van der Waals surface area (Å²) in [6, 6.07) is 16.5. The van der Waals surface area contributed by atoms with Gasteiger partial charge in [-0.25, -0.2) is 8.42 Å². The summed E-state index contributed by atoms with van der Waals surface area (Å²) in [6.45, 7) is 1.96. The number of rotatable bonds is 6. The zero-order valence-corrected chi connectivity index (χ0v) is 15.0. The average Bonchev–Trinajstić information content (AvgIpc) is 2.55. The van der Waals surface area contributed by atoms with Gasteiger partial charge in [0.25, 0.3) is 0 Å². The molecule has 0 aliphatic heterocycles. The average molecular weight is 346 g/mol. The molecule has 0 radical (unpaired) electrons. The van der Waals surface area contributed by atoms with Crippen LogP contribution < -0.4 is 9.21 Å². The van der Waals surface area contributed by atoms with Crippen LogP contribution in [0, 0.1) is 6.92 Å². The first-order valence-electron chi connectivity index (χ1n) is 7.65. The van der Waals surface area contributed by atoms with Crippen LogP contribution in [0.2, 0.25) is 0 Å². The summed E-state index contributed by atoms with van der Waals surface area (Å²) in [6.07, 6.45) is 1.26. The lowest BCUT2D eigenvalue weighted by atomic mass is 10.2. The Morgan fingerprint density at radius 3 is 2.17 bits per heavy atom. The third-order valence-electron chi connectivity index (χ3n) is 3.83. The monoisotopic (exact) mass is 346 g/mol. The first-order valence-corrected chi connectivity index (χ1v) is 9.50. The predicted molar refractivity (Wildman–Crippen MR) is 97.8 cm³/mol. The van der Waals surface area contributed by atoms with Crippen LogP contribution in [0.3, 0.4) is 0 Å². The van der Waals surface area contributed by atoms with Crippen LogP contribution in [-0.4, -0.2) is 34.2 Å². The van der Waals surface area contributed by atoms with E-state index in [-0.39, 0.29) is 18.9 Å². The van der Waals surface area contributed by atoms with Crippen molar-refractivity contribution in [3.8, 4) is 0 Å². The van der Waals surface area contributed by atoms with Crippen LogP contribution >= 0.6 is 0 Å². The molecule has 0 saturated carbocycles. The number of anilines is 2. The largest absolute Gasteiger partial charge is 0.315 e. The van der Waals surface area contributed by atoms with Gasteiger partial charge in [0.1, 0.15) is 0 Å². The summed E-state index contributed by atoms with van der Waals surface area (Å²) in [5.74, 6) is -0.136. The third kappa shape index (κ3) is 4.35. The van der Waals surface area contributed by atoms with E-state index in [2.05, 4.69) is 0 Å². The second kappa shape index (κ2) is 7.49. The Balaban J connectivity index is 2.15. The number of hydrogen-bond donors (Lipinski definition) is 0. The van der Waals surface area contributed by atoms with Crippen molar-refractivity contribution >= 4 is 27.3 Å². The molecule has 0 spiro atoms. The number of hydrogen-bond acceptors (Lipinski definition) is 3. The second-order valence-electron chi connectivity index (χ2n) is 5.66. The number of benzene rings is 2. The van der Waals surface area contributed by atoms with E-state index in [9.17, 15) is 13.2 Å². The predicted octanol–water partition coefficient (Wildman–Crippen LogP) is 2.81. The fourth-order valence-corrected chi connectivity index (χ4v) is 3.45. The van der Waals surface area contributed by atoms with Gasteiger partial charge in [-0.2, -0.15) is 0 Å². The number of amides is 1. The van der Waals surface area contributed by atoms with E-state index in [1.807, 2.05) is 49.4 Å². The quantitative estimate of drug-likeness (QED) is 0.808. The van der Waals surface area contributed by atoms with Crippen LogP contribution in [0.25, 0.3) is 0 Å². The molecule has 2 aromatic carbocycles. The van der Waals surface area contributed by atoms with Crippen LogP contribution in [0.1, 0.15) is 12.0 Å². The third-order valence-corrected chi connectivity index (χ3v) is 5.01. The smallest absolute Gasteiger partial charge is 0.232 e. The Morgan fingerprint density at radius 2 is 1.58 bits per heavy atom. The minimum Gasteiger partial charge on any atom is -0.315 e. The molecular weight excluding hydrogens is 324 g/mol.